The number of carbonyl (C=O) groups is 2. The molecule has 1 aromatic heterocycles. The van der Waals surface area contributed by atoms with Gasteiger partial charge in [-0.1, -0.05) is 30.3 Å². The van der Waals surface area contributed by atoms with Gasteiger partial charge in [0.2, 0.25) is 5.91 Å². The highest BCUT2D eigenvalue weighted by Crippen LogP contribution is 2.36. The molecular formula is C24H23FN2O2S. The molecule has 4 rings (SSSR count). The first-order valence-electron chi connectivity index (χ1n) is 9.89. The molecule has 0 radical (unpaired) electrons. The molecule has 4 nitrogen and oxygen atoms in total. The second-order valence-electron chi connectivity index (χ2n) is 7.73. The van der Waals surface area contributed by atoms with Crippen LogP contribution in [0.3, 0.4) is 0 Å². The zero-order valence-electron chi connectivity index (χ0n) is 16.7. The Morgan fingerprint density at radius 2 is 1.93 bits per heavy atom. The van der Waals surface area contributed by atoms with Crippen LogP contribution >= 0.6 is 11.3 Å². The third-order valence-corrected chi connectivity index (χ3v) is 6.46. The SMILES string of the molecule is CNC(=O)[C@@]1(Cc2ccc(-c3ccsc3)cc2)CCN(C(=O)c2cccc(F)c2)C1. The smallest absolute Gasteiger partial charge is 0.253 e. The maximum Gasteiger partial charge on any atom is 0.253 e. The first-order chi connectivity index (χ1) is 14.5. The zero-order valence-corrected chi connectivity index (χ0v) is 17.5. The monoisotopic (exact) mass is 422 g/mol. The Labute approximate surface area is 179 Å². The van der Waals surface area contributed by atoms with Crippen LogP contribution < -0.4 is 5.32 Å². The van der Waals surface area contributed by atoms with Crippen LogP contribution in [-0.2, 0) is 11.2 Å². The van der Waals surface area contributed by atoms with Gasteiger partial charge in [-0.3, -0.25) is 9.59 Å². The molecule has 1 N–H and O–H groups in total. The number of carbonyl (C=O) groups excluding carboxylic acids is 2. The fourth-order valence-electron chi connectivity index (χ4n) is 4.16. The maximum atomic E-state index is 13.5. The summed E-state index contributed by atoms with van der Waals surface area (Å²) in [6.45, 7) is 0.782. The standard InChI is InChI=1S/C24H23FN2O2S/c1-26-23(29)24(14-17-5-7-18(8-6-17)20-9-12-30-15-20)10-11-27(16-24)22(28)19-3-2-4-21(25)13-19/h2-9,12-13,15H,10-11,14,16H2,1H3,(H,26,29)/t24-/m1/s1. The molecule has 1 aliphatic rings. The largest absolute Gasteiger partial charge is 0.359 e. The topological polar surface area (TPSA) is 49.4 Å². The minimum atomic E-state index is -0.693. The van der Waals surface area contributed by atoms with E-state index in [1.54, 1.807) is 29.4 Å². The molecule has 3 aromatic rings. The number of nitrogens with zero attached hydrogens (tertiary/aromatic N) is 1. The predicted molar refractivity (Wildman–Crippen MR) is 117 cm³/mol. The van der Waals surface area contributed by atoms with E-state index in [-0.39, 0.29) is 11.8 Å². The van der Waals surface area contributed by atoms with Gasteiger partial charge < -0.3 is 10.2 Å². The Hall–Kier alpha value is -2.99. The molecule has 0 spiro atoms. The summed E-state index contributed by atoms with van der Waals surface area (Å²) in [4.78, 5) is 27.4. The van der Waals surface area contributed by atoms with Crippen LogP contribution in [0.25, 0.3) is 11.1 Å². The molecule has 1 aliphatic heterocycles. The molecule has 0 unspecified atom stereocenters. The molecule has 1 atom stereocenters. The van der Waals surface area contributed by atoms with E-state index in [1.165, 1.54) is 23.8 Å². The quantitative estimate of drug-likeness (QED) is 0.664. The van der Waals surface area contributed by atoms with Crippen LogP contribution in [0.15, 0.2) is 65.4 Å². The van der Waals surface area contributed by atoms with Crippen LogP contribution in [-0.4, -0.2) is 36.9 Å². The van der Waals surface area contributed by atoms with Crippen molar-refractivity contribution in [3.05, 3.63) is 82.3 Å². The molecule has 30 heavy (non-hydrogen) atoms. The molecule has 0 aliphatic carbocycles. The molecule has 154 valence electrons. The van der Waals surface area contributed by atoms with E-state index in [0.29, 0.717) is 31.5 Å². The Morgan fingerprint density at radius 1 is 1.13 bits per heavy atom. The van der Waals surface area contributed by atoms with Crippen LogP contribution in [0.5, 0.6) is 0 Å². The Bertz CT molecular complexity index is 1050. The highest BCUT2D eigenvalue weighted by atomic mass is 32.1. The van der Waals surface area contributed by atoms with Gasteiger partial charge in [-0.2, -0.15) is 11.3 Å². The summed E-state index contributed by atoms with van der Waals surface area (Å²) in [5.74, 6) is -0.754. The van der Waals surface area contributed by atoms with Crippen molar-refractivity contribution in [3.63, 3.8) is 0 Å². The number of halogens is 1. The fraction of sp³-hybridized carbons (Fsp3) is 0.250. The molecule has 2 aromatic carbocycles. The average molecular weight is 423 g/mol. The predicted octanol–water partition coefficient (Wildman–Crippen LogP) is 4.38. The molecule has 0 bridgehead atoms. The third kappa shape index (κ3) is 4.00. The lowest BCUT2D eigenvalue weighted by Gasteiger charge is -2.28. The second kappa shape index (κ2) is 8.40. The number of amides is 2. The van der Waals surface area contributed by atoms with Gasteiger partial charge in [-0.25, -0.2) is 4.39 Å². The lowest BCUT2D eigenvalue weighted by Crippen LogP contribution is -2.44. The van der Waals surface area contributed by atoms with E-state index in [1.807, 2.05) is 5.38 Å². The summed E-state index contributed by atoms with van der Waals surface area (Å²) in [5, 5.41) is 6.93. The Morgan fingerprint density at radius 3 is 2.60 bits per heavy atom. The van der Waals surface area contributed by atoms with Gasteiger partial charge >= 0.3 is 0 Å². The van der Waals surface area contributed by atoms with Crippen molar-refractivity contribution in [1.82, 2.24) is 10.2 Å². The molecule has 0 saturated carbocycles. The summed E-state index contributed by atoms with van der Waals surface area (Å²) in [5.41, 5.74) is 2.99. The fourth-order valence-corrected chi connectivity index (χ4v) is 4.82. The molecule has 2 heterocycles. The minimum absolute atomic E-state index is 0.0704. The van der Waals surface area contributed by atoms with E-state index in [2.05, 4.69) is 41.0 Å². The number of hydrogen-bond acceptors (Lipinski definition) is 3. The van der Waals surface area contributed by atoms with Crippen molar-refractivity contribution in [3.8, 4) is 11.1 Å². The summed E-state index contributed by atoms with van der Waals surface area (Å²) < 4.78 is 13.5. The first-order valence-corrected chi connectivity index (χ1v) is 10.8. The van der Waals surface area contributed by atoms with Crippen molar-refractivity contribution in [2.24, 2.45) is 5.41 Å². The normalized spacial score (nSPS) is 18.4. The lowest BCUT2D eigenvalue weighted by atomic mass is 9.79. The van der Waals surface area contributed by atoms with Crippen LogP contribution in [0.4, 0.5) is 4.39 Å². The highest BCUT2D eigenvalue weighted by Gasteiger charge is 2.45. The summed E-state index contributed by atoms with van der Waals surface area (Å²) in [6.07, 6.45) is 1.11. The van der Waals surface area contributed by atoms with E-state index in [0.717, 1.165) is 11.1 Å². The summed E-state index contributed by atoms with van der Waals surface area (Å²) in [7, 11) is 1.63. The van der Waals surface area contributed by atoms with Crippen molar-refractivity contribution in [2.75, 3.05) is 20.1 Å². The Kier molecular flexibility index (Phi) is 5.68. The lowest BCUT2D eigenvalue weighted by molar-refractivity contribution is -0.129. The van der Waals surface area contributed by atoms with Gasteiger partial charge in [0.15, 0.2) is 0 Å². The number of likely N-dealkylation sites (tertiary alicyclic amines) is 1. The number of thiophene rings is 1. The van der Waals surface area contributed by atoms with Crippen molar-refractivity contribution in [1.29, 1.82) is 0 Å². The maximum absolute atomic E-state index is 13.5. The molecular weight excluding hydrogens is 399 g/mol. The van der Waals surface area contributed by atoms with E-state index in [9.17, 15) is 14.0 Å². The average Bonchev–Trinajstić information content (AvgIpc) is 3.44. The number of nitrogens with one attached hydrogen (secondary N) is 1. The molecule has 1 fully saturated rings. The van der Waals surface area contributed by atoms with E-state index in [4.69, 9.17) is 0 Å². The highest BCUT2D eigenvalue weighted by molar-refractivity contribution is 7.08. The summed E-state index contributed by atoms with van der Waals surface area (Å²) in [6, 6.07) is 16.0. The molecule has 1 saturated heterocycles. The van der Waals surface area contributed by atoms with Crippen molar-refractivity contribution in [2.45, 2.75) is 12.8 Å². The second-order valence-corrected chi connectivity index (χ2v) is 8.51. The van der Waals surface area contributed by atoms with Crippen molar-refractivity contribution >= 4 is 23.2 Å². The van der Waals surface area contributed by atoms with E-state index < -0.39 is 11.2 Å². The first kappa shape index (κ1) is 20.3. The number of hydrogen-bond donors (Lipinski definition) is 1. The third-order valence-electron chi connectivity index (χ3n) is 5.77. The van der Waals surface area contributed by atoms with Gasteiger partial charge in [0.1, 0.15) is 5.82 Å². The summed E-state index contributed by atoms with van der Waals surface area (Å²) >= 11 is 1.66. The molecule has 2 amide bonds. The molecule has 6 heteroatoms. The van der Waals surface area contributed by atoms with Crippen molar-refractivity contribution < 1.29 is 14.0 Å². The van der Waals surface area contributed by atoms with Gasteiger partial charge in [-0.15, -0.1) is 0 Å². The number of benzene rings is 2. The van der Waals surface area contributed by atoms with E-state index >= 15 is 0 Å². The van der Waals surface area contributed by atoms with Gasteiger partial charge in [-0.05, 0) is 64.6 Å². The van der Waals surface area contributed by atoms with Crippen LogP contribution in [0.2, 0.25) is 0 Å². The van der Waals surface area contributed by atoms with Crippen LogP contribution in [0, 0.1) is 11.2 Å². The zero-order chi connectivity index (χ0) is 21.1. The number of rotatable bonds is 5. The van der Waals surface area contributed by atoms with Crippen LogP contribution in [0.1, 0.15) is 22.3 Å². The van der Waals surface area contributed by atoms with Gasteiger partial charge in [0.05, 0.1) is 5.41 Å². The minimum Gasteiger partial charge on any atom is -0.359 e. The Balaban J connectivity index is 1.54. The van der Waals surface area contributed by atoms with Gasteiger partial charge in [0, 0.05) is 25.7 Å². The van der Waals surface area contributed by atoms with Gasteiger partial charge in [0.25, 0.3) is 5.91 Å².